The van der Waals surface area contributed by atoms with E-state index in [4.69, 9.17) is 0 Å². The molecule has 1 aromatic carbocycles. The van der Waals surface area contributed by atoms with Crippen LogP contribution in [0, 0.1) is 5.92 Å². The quantitative estimate of drug-likeness (QED) is 0.908. The van der Waals surface area contributed by atoms with Crippen LogP contribution in [-0.2, 0) is 9.84 Å². The number of benzene rings is 1. The Morgan fingerprint density at radius 1 is 1.10 bits per heavy atom. The largest absolute Gasteiger partial charge is 0.382 e. The lowest BCUT2D eigenvalue weighted by Gasteiger charge is -2.31. The van der Waals surface area contributed by atoms with Gasteiger partial charge in [0.2, 0.25) is 0 Å². The second kappa shape index (κ2) is 6.79. The molecule has 0 radical (unpaired) electrons. The van der Waals surface area contributed by atoms with Gasteiger partial charge in [0.25, 0.3) is 0 Å². The zero-order valence-corrected chi connectivity index (χ0v) is 14.0. The van der Waals surface area contributed by atoms with E-state index in [0.29, 0.717) is 10.9 Å². The molecule has 5 heteroatoms. The van der Waals surface area contributed by atoms with Crippen LogP contribution in [0.2, 0.25) is 0 Å². The summed E-state index contributed by atoms with van der Waals surface area (Å²) >= 11 is 0. The van der Waals surface area contributed by atoms with Gasteiger partial charge in [-0.25, -0.2) is 8.42 Å². The summed E-state index contributed by atoms with van der Waals surface area (Å²) in [7, 11) is 1.16. The molecule has 1 N–H and O–H groups in total. The normalized spacial score (nSPS) is 23.2. The highest BCUT2D eigenvalue weighted by atomic mass is 32.2. The Morgan fingerprint density at radius 2 is 1.67 bits per heavy atom. The van der Waals surface area contributed by atoms with Crippen molar-refractivity contribution in [2.24, 2.45) is 5.92 Å². The number of anilines is 1. The van der Waals surface area contributed by atoms with E-state index in [2.05, 4.69) is 24.3 Å². The molecule has 0 atom stereocenters. The Labute approximate surface area is 128 Å². The molecular formula is C16H26N2O2S. The van der Waals surface area contributed by atoms with Crippen LogP contribution in [0.1, 0.15) is 25.7 Å². The molecule has 1 aliphatic rings. The van der Waals surface area contributed by atoms with Crippen molar-refractivity contribution in [1.29, 1.82) is 0 Å². The van der Waals surface area contributed by atoms with Gasteiger partial charge in [-0.1, -0.05) is 0 Å². The van der Waals surface area contributed by atoms with Gasteiger partial charge in [0.1, 0.15) is 0 Å². The van der Waals surface area contributed by atoms with Crippen LogP contribution >= 0.6 is 0 Å². The summed E-state index contributed by atoms with van der Waals surface area (Å²) in [6.07, 6.45) is 6.13. The lowest BCUT2D eigenvalue weighted by molar-refractivity contribution is 0.255. The van der Waals surface area contributed by atoms with E-state index in [1.807, 2.05) is 12.1 Å². The summed E-state index contributed by atoms with van der Waals surface area (Å²) in [6.45, 7) is 1.18. The summed E-state index contributed by atoms with van der Waals surface area (Å²) in [5.74, 6) is 0.811. The predicted molar refractivity (Wildman–Crippen MR) is 87.5 cm³/mol. The summed E-state index contributed by atoms with van der Waals surface area (Å²) < 4.78 is 22.9. The first-order valence-corrected chi connectivity index (χ1v) is 9.45. The van der Waals surface area contributed by atoms with Gasteiger partial charge in [0.15, 0.2) is 9.84 Å². The van der Waals surface area contributed by atoms with Gasteiger partial charge >= 0.3 is 0 Å². The zero-order chi connectivity index (χ0) is 15.5. The Kier molecular flexibility index (Phi) is 5.27. The van der Waals surface area contributed by atoms with Crippen molar-refractivity contribution < 1.29 is 8.42 Å². The zero-order valence-electron chi connectivity index (χ0n) is 13.2. The maximum atomic E-state index is 11.4. The lowest BCUT2D eigenvalue weighted by Crippen LogP contribution is -2.30. The van der Waals surface area contributed by atoms with Crippen LogP contribution < -0.4 is 5.32 Å². The van der Waals surface area contributed by atoms with Crippen molar-refractivity contribution in [3.8, 4) is 0 Å². The third-order valence-electron chi connectivity index (χ3n) is 4.12. The van der Waals surface area contributed by atoms with E-state index in [1.54, 1.807) is 12.1 Å². The maximum absolute atomic E-state index is 11.4. The Balaban J connectivity index is 1.86. The fraction of sp³-hybridized carbons (Fsp3) is 0.625. The van der Waals surface area contributed by atoms with E-state index in [1.165, 1.54) is 38.5 Å². The van der Waals surface area contributed by atoms with Gasteiger partial charge in [-0.05, 0) is 70.0 Å². The average Bonchev–Trinajstić information content (AvgIpc) is 2.40. The molecule has 4 nitrogen and oxygen atoms in total. The van der Waals surface area contributed by atoms with Gasteiger partial charge in [-0.3, -0.25) is 0 Å². The molecule has 1 aromatic rings. The second-order valence-corrected chi connectivity index (χ2v) is 8.44. The molecule has 21 heavy (non-hydrogen) atoms. The fourth-order valence-electron chi connectivity index (χ4n) is 3.04. The first-order chi connectivity index (χ1) is 9.84. The molecule has 0 amide bonds. The van der Waals surface area contributed by atoms with Crippen LogP contribution in [0.15, 0.2) is 29.2 Å². The first-order valence-electron chi connectivity index (χ1n) is 7.56. The summed E-state index contributed by atoms with van der Waals surface area (Å²) in [6, 6.07) is 7.59. The molecule has 0 heterocycles. The van der Waals surface area contributed by atoms with Gasteiger partial charge < -0.3 is 10.2 Å². The van der Waals surface area contributed by atoms with Crippen molar-refractivity contribution in [2.45, 2.75) is 36.6 Å². The summed E-state index contributed by atoms with van der Waals surface area (Å²) in [4.78, 5) is 2.64. The number of sulfone groups is 1. The minimum atomic E-state index is -3.10. The van der Waals surface area contributed by atoms with Crippen LogP contribution in [0.4, 0.5) is 5.69 Å². The predicted octanol–water partition coefficient (Wildman–Crippen LogP) is 2.62. The third kappa shape index (κ3) is 5.00. The highest BCUT2D eigenvalue weighted by Gasteiger charge is 2.21. The molecule has 118 valence electrons. The number of hydrogen-bond donors (Lipinski definition) is 1. The smallest absolute Gasteiger partial charge is 0.175 e. The van der Waals surface area contributed by atoms with E-state index >= 15 is 0 Å². The lowest BCUT2D eigenvalue weighted by atomic mass is 9.85. The molecule has 0 saturated heterocycles. The number of hydrogen-bond acceptors (Lipinski definition) is 4. The summed E-state index contributed by atoms with van der Waals surface area (Å²) in [5.41, 5.74) is 1.01. The average molecular weight is 310 g/mol. The third-order valence-corrected chi connectivity index (χ3v) is 5.25. The Morgan fingerprint density at radius 3 is 2.14 bits per heavy atom. The van der Waals surface area contributed by atoms with Crippen molar-refractivity contribution in [2.75, 3.05) is 32.2 Å². The molecule has 1 aliphatic carbocycles. The Hall–Kier alpha value is -1.07. The van der Waals surface area contributed by atoms with Crippen molar-refractivity contribution in [3.05, 3.63) is 24.3 Å². The molecule has 0 spiro atoms. The van der Waals surface area contributed by atoms with Crippen LogP contribution in [0.3, 0.4) is 0 Å². The molecular weight excluding hydrogens is 284 g/mol. The fourth-order valence-corrected chi connectivity index (χ4v) is 3.67. The second-order valence-electron chi connectivity index (χ2n) is 6.42. The van der Waals surface area contributed by atoms with Gasteiger partial charge in [0.05, 0.1) is 4.90 Å². The molecule has 0 unspecified atom stereocenters. The van der Waals surface area contributed by atoms with E-state index in [0.717, 1.165) is 11.6 Å². The van der Waals surface area contributed by atoms with Crippen molar-refractivity contribution >= 4 is 15.5 Å². The minimum absolute atomic E-state index is 0.378. The van der Waals surface area contributed by atoms with Gasteiger partial charge in [-0.15, -0.1) is 0 Å². The first kappa shape index (κ1) is 16.3. The molecule has 2 rings (SSSR count). The van der Waals surface area contributed by atoms with Gasteiger partial charge in [-0.2, -0.15) is 0 Å². The van der Waals surface area contributed by atoms with E-state index in [9.17, 15) is 8.42 Å². The molecule has 0 aromatic heterocycles. The van der Waals surface area contributed by atoms with Crippen LogP contribution in [0.5, 0.6) is 0 Å². The van der Waals surface area contributed by atoms with Crippen molar-refractivity contribution in [3.63, 3.8) is 0 Å². The number of nitrogens with one attached hydrogen (secondary N) is 1. The number of rotatable bonds is 5. The van der Waals surface area contributed by atoms with E-state index in [-0.39, 0.29) is 0 Å². The Bertz CT molecular complexity index is 544. The van der Waals surface area contributed by atoms with Crippen molar-refractivity contribution in [1.82, 2.24) is 4.90 Å². The van der Waals surface area contributed by atoms with E-state index < -0.39 is 9.84 Å². The van der Waals surface area contributed by atoms with Crippen LogP contribution in [-0.4, -0.2) is 46.3 Å². The SMILES string of the molecule is CN(C)CC1CCC(Nc2ccc(S(C)(=O)=O)cc2)CC1. The molecule has 1 saturated carbocycles. The van der Waals surface area contributed by atoms with Crippen LogP contribution in [0.25, 0.3) is 0 Å². The maximum Gasteiger partial charge on any atom is 0.175 e. The highest BCUT2D eigenvalue weighted by Crippen LogP contribution is 2.27. The standard InChI is InChI=1S/C16H26N2O2S/c1-18(2)12-13-4-6-14(7-5-13)17-15-8-10-16(11-9-15)21(3,19)20/h8-11,13-14,17H,4-7,12H2,1-3H3. The minimum Gasteiger partial charge on any atom is -0.382 e. The molecule has 0 bridgehead atoms. The molecule has 1 fully saturated rings. The topological polar surface area (TPSA) is 49.4 Å². The van der Waals surface area contributed by atoms with Gasteiger partial charge in [0, 0.05) is 24.5 Å². The summed E-state index contributed by atoms with van der Waals surface area (Å²) in [5, 5.41) is 3.52. The molecule has 0 aliphatic heterocycles. The monoisotopic (exact) mass is 310 g/mol. The highest BCUT2D eigenvalue weighted by molar-refractivity contribution is 7.90. The number of nitrogens with zero attached hydrogens (tertiary/aromatic N) is 1.